The summed E-state index contributed by atoms with van der Waals surface area (Å²) in [6, 6.07) is 10.1. The lowest BCUT2D eigenvalue weighted by Crippen LogP contribution is -1.89. The molecule has 1 heterocycles. The second-order valence-corrected chi connectivity index (χ2v) is 9.50. The summed E-state index contributed by atoms with van der Waals surface area (Å²) in [6.45, 7) is 5.53. The average molecular weight is 311 g/mol. The smallest absolute Gasteiger partial charge is 0.154 e. The van der Waals surface area contributed by atoms with Crippen LogP contribution in [-0.4, -0.2) is 35.3 Å². The van der Waals surface area contributed by atoms with Crippen LogP contribution in [-0.2, 0) is 0 Å². The van der Waals surface area contributed by atoms with E-state index in [1.54, 1.807) is 4.68 Å². The van der Waals surface area contributed by atoms with E-state index in [-0.39, 0.29) is 0 Å². The molecule has 0 aliphatic carbocycles. The molecule has 2 aromatic rings. The Labute approximate surface area is 134 Å². The van der Waals surface area contributed by atoms with Crippen molar-refractivity contribution in [2.45, 2.75) is 6.92 Å². The third kappa shape index (κ3) is 4.12. The minimum absolute atomic E-state index is 0.726. The van der Waals surface area contributed by atoms with Crippen molar-refractivity contribution in [3.8, 4) is 22.4 Å². The number of rotatable bonds is 3. The van der Waals surface area contributed by atoms with Gasteiger partial charge in [-0.2, -0.15) is 15.1 Å². The van der Waals surface area contributed by atoms with Gasteiger partial charge in [0.25, 0.3) is 0 Å². The Morgan fingerprint density at radius 2 is 2.05 bits per heavy atom. The summed E-state index contributed by atoms with van der Waals surface area (Å²) in [5.74, 6) is 3.98. The van der Waals surface area contributed by atoms with Crippen molar-refractivity contribution >= 4 is 28.8 Å². The zero-order valence-electron chi connectivity index (χ0n) is 13.5. The van der Waals surface area contributed by atoms with Crippen molar-refractivity contribution in [2.24, 2.45) is 4.99 Å². The molecule has 0 radical (unpaired) electrons. The van der Waals surface area contributed by atoms with E-state index < -0.39 is 10.0 Å². The van der Waals surface area contributed by atoms with Gasteiger partial charge in [-0.1, -0.05) is 24.1 Å². The monoisotopic (exact) mass is 311 g/mol. The molecule has 4 heteroatoms. The number of aliphatic imine (C=N–C) groups is 1. The van der Waals surface area contributed by atoms with Crippen LogP contribution in [0.3, 0.4) is 0 Å². The number of hydrogen-bond donors (Lipinski definition) is 0. The van der Waals surface area contributed by atoms with Gasteiger partial charge in [0, 0.05) is 23.4 Å². The predicted molar refractivity (Wildman–Crippen MR) is 100 cm³/mol. The molecule has 0 unspecified atom stereocenters. The third-order valence-corrected chi connectivity index (χ3v) is 3.54. The van der Waals surface area contributed by atoms with E-state index in [1.165, 1.54) is 0 Å². The Morgan fingerprint density at radius 1 is 1.27 bits per heavy atom. The topological polar surface area (TPSA) is 30.2 Å². The molecule has 1 aromatic carbocycles. The lowest BCUT2D eigenvalue weighted by molar-refractivity contribution is 0.937. The van der Waals surface area contributed by atoms with E-state index in [2.05, 4.69) is 52.8 Å². The SMILES string of the molecule is C=Nc1cc(-c2cccc(C#CS(C)(C)C)c2)nn1/C=C\C. The van der Waals surface area contributed by atoms with Gasteiger partial charge in [-0.25, -0.2) is 9.67 Å². The van der Waals surface area contributed by atoms with Crippen LogP contribution >= 0.6 is 10.0 Å². The van der Waals surface area contributed by atoms with Gasteiger partial charge in [0.15, 0.2) is 5.82 Å². The molecule has 0 N–H and O–H groups in total. The van der Waals surface area contributed by atoms with Crippen LogP contribution in [0.15, 0.2) is 41.4 Å². The molecule has 0 saturated carbocycles. The molecular formula is C18H21N3S. The lowest BCUT2D eigenvalue weighted by atomic mass is 10.1. The zero-order valence-corrected chi connectivity index (χ0v) is 14.3. The molecular weight excluding hydrogens is 290 g/mol. The summed E-state index contributed by atoms with van der Waals surface area (Å²) in [7, 11) is -0.827. The molecule has 0 saturated heterocycles. The van der Waals surface area contributed by atoms with Crippen LogP contribution in [0.25, 0.3) is 17.5 Å². The first-order valence-electron chi connectivity index (χ1n) is 6.93. The van der Waals surface area contributed by atoms with Crippen molar-refractivity contribution in [1.29, 1.82) is 0 Å². The highest BCUT2D eigenvalue weighted by Crippen LogP contribution is 2.32. The standard InChI is InChI=1S/C18H21N3S/c1-6-11-21-18(19-2)14-17(20-21)16-9-7-8-15(13-16)10-12-22(3,4)5/h6-9,11,13-14H,2H2,1,3-5H3/b11-6-. The van der Waals surface area contributed by atoms with Gasteiger partial charge in [0.05, 0.1) is 5.69 Å². The van der Waals surface area contributed by atoms with E-state index in [0.29, 0.717) is 0 Å². The Balaban J connectivity index is 2.41. The normalized spacial score (nSPS) is 12.0. The molecule has 0 fully saturated rings. The summed E-state index contributed by atoms with van der Waals surface area (Å²) >= 11 is 0. The molecule has 0 aliphatic rings. The van der Waals surface area contributed by atoms with Crippen LogP contribution in [0.1, 0.15) is 12.5 Å². The van der Waals surface area contributed by atoms with Gasteiger partial charge >= 0.3 is 0 Å². The van der Waals surface area contributed by atoms with Crippen LogP contribution in [0.5, 0.6) is 0 Å². The van der Waals surface area contributed by atoms with E-state index in [9.17, 15) is 0 Å². The zero-order chi connectivity index (χ0) is 16.2. The van der Waals surface area contributed by atoms with Gasteiger partial charge in [-0.3, -0.25) is 0 Å². The largest absolute Gasteiger partial charge is 0.245 e. The predicted octanol–water partition coefficient (Wildman–Crippen LogP) is 4.38. The van der Waals surface area contributed by atoms with Crippen molar-refractivity contribution in [1.82, 2.24) is 9.78 Å². The number of nitrogens with zero attached hydrogens (tertiary/aromatic N) is 3. The fourth-order valence-corrected chi connectivity index (χ4v) is 2.29. The molecule has 2 rings (SSSR count). The van der Waals surface area contributed by atoms with Crippen LogP contribution in [0, 0.1) is 11.2 Å². The molecule has 0 bridgehead atoms. The van der Waals surface area contributed by atoms with Crippen LogP contribution < -0.4 is 0 Å². The molecule has 3 nitrogen and oxygen atoms in total. The molecule has 0 aliphatic heterocycles. The van der Waals surface area contributed by atoms with Crippen molar-refractivity contribution in [3.05, 3.63) is 42.0 Å². The Morgan fingerprint density at radius 3 is 2.68 bits per heavy atom. The molecule has 114 valence electrons. The maximum Gasteiger partial charge on any atom is 0.154 e. The van der Waals surface area contributed by atoms with Gasteiger partial charge < -0.3 is 0 Å². The summed E-state index contributed by atoms with van der Waals surface area (Å²) in [5, 5.41) is 7.88. The maximum absolute atomic E-state index is 4.54. The summed E-state index contributed by atoms with van der Waals surface area (Å²) < 4.78 is 1.72. The van der Waals surface area contributed by atoms with E-state index >= 15 is 0 Å². The number of benzene rings is 1. The average Bonchev–Trinajstić information content (AvgIpc) is 2.88. The first kappa shape index (κ1) is 16.1. The summed E-state index contributed by atoms with van der Waals surface area (Å²) in [6.07, 6.45) is 10.3. The molecule has 0 atom stereocenters. The highest BCUT2D eigenvalue weighted by atomic mass is 32.3. The fourth-order valence-electron chi connectivity index (χ4n) is 1.86. The third-order valence-electron chi connectivity index (χ3n) is 2.83. The molecule has 22 heavy (non-hydrogen) atoms. The Kier molecular flexibility index (Phi) is 4.89. The Bertz CT molecular complexity index is 768. The first-order valence-corrected chi connectivity index (χ1v) is 9.79. The summed E-state index contributed by atoms with van der Waals surface area (Å²) in [4.78, 5) is 4.00. The van der Waals surface area contributed by atoms with E-state index in [1.807, 2.05) is 43.5 Å². The highest BCUT2D eigenvalue weighted by molar-refractivity contribution is 8.35. The van der Waals surface area contributed by atoms with Gasteiger partial charge in [0.1, 0.15) is 0 Å². The Hall–Kier alpha value is -2.25. The maximum atomic E-state index is 4.54. The molecule has 0 spiro atoms. The van der Waals surface area contributed by atoms with Crippen molar-refractivity contribution in [2.75, 3.05) is 18.8 Å². The second kappa shape index (κ2) is 6.67. The van der Waals surface area contributed by atoms with Gasteiger partial charge in [0.2, 0.25) is 0 Å². The van der Waals surface area contributed by atoms with Crippen molar-refractivity contribution < 1.29 is 0 Å². The second-order valence-electron chi connectivity index (χ2n) is 5.62. The molecule has 1 aromatic heterocycles. The summed E-state index contributed by atoms with van der Waals surface area (Å²) in [5.41, 5.74) is 2.91. The minimum Gasteiger partial charge on any atom is -0.245 e. The number of allylic oxidation sites excluding steroid dienone is 1. The highest BCUT2D eigenvalue weighted by Gasteiger charge is 2.07. The van der Waals surface area contributed by atoms with Gasteiger partial charge in [-0.05, 0) is 49.8 Å². The van der Waals surface area contributed by atoms with Crippen LogP contribution in [0.4, 0.5) is 5.82 Å². The van der Waals surface area contributed by atoms with Gasteiger partial charge in [-0.15, -0.1) is 0 Å². The minimum atomic E-state index is -0.827. The fraction of sp³-hybridized carbons (Fsp3) is 0.222. The lowest BCUT2D eigenvalue weighted by Gasteiger charge is -2.14. The number of hydrogen-bond acceptors (Lipinski definition) is 2. The first-order chi connectivity index (χ1) is 10.4. The van der Waals surface area contributed by atoms with E-state index in [4.69, 9.17) is 0 Å². The van der Waals surface area contributed by atoms with Crippen molar-refractivity contribution in [3.63, 3.8) is 0 Å². The number of aromatic nitrogens is 2. The van der Waals surface area contributed by atoms with Crippen LogP contribution in [0.2, 0.25) is 0 Å². The molecule has 0 amide bonds. The quantitative estimate of drug-likeness (QED) is 0.611. The van der Waals surface area contributed by atoms with E-state index in [0.717, 1.165) is 22.6 Å².